The third kappa shape index (κ3) is 2.34. The van der Waals surface area contributed by atoms with Crippen LogP contribution in [0.5, 0.6) is 0 Å². The minimum Gasteiger partial charge on any atom is -0.294 e. The molecule has 0 spiro atoms. The SMILES string of the molecule is O=C(CC(=O)c1ccccc1)C1=CCC=C1. The highest BCUT2D eigenvalue weighted by atomic mass is 16.1. The molecule has 1 aliphatic rings. The largest absolute Gasteiger partial charge is 0.294 e. The van der Waals surface area contributed by atoms with Gasteiger partial charge in [0, 0.05) is 11.1 Å². The number of benzene rings is 1. The first kappa shape index (κ1) is 10.6. The Morgan fingerprint density at radius 1 is 1.06 bits per heavy atom. The number of rotatable bonds is 4. The van der Waals surface area contributed by atoms with Crippen LogP contribution in [0.25, 0.3) is 0 Å². The van der Waals surface area contributed by atoms with Gasteiger partial charge in [-0.05, 0) is 6.42 Å². The lowest BCUT2D eigenvalue weighted by Gasteiger charge is -2.00. The Morgan fingerprint density at radius 3 is 2.44 bits per heavy atom. The van der Waals surface area contributed by atoms with Gasteiger partial charge >= 0.3 is 0 Å². The molecule has 2 rings (SSSR count). The van der Waals surface area contributed by atoms with Gasteiger partial charge < -0.3 is 0 Å². The van der Waals surface area contributed by atoms with Crippen LogP contribution < -0.4 is 0 Å². The van der Waals surface area contributed by atoms with Gasteiger partial charge in [0.15, 0.2) is 11.6 Å². The smallest absolute Gasteiger partial charge is 0.170 e. The first-order valence-corrected chi connectivity index (χ1v) is 5.25. The zero-order valence-corrected chi connectivity index (χ0v) is 8.85. The summed E-state index contributed by atoms with van der Waals surface area (Å²) in [5.74, 6) is -0.214. The number of carbonyl (C=O) groups excluding carboxylic acids is 2. The van der Waals surface area contributed by atoms with Crippen LogP contribution in [-0.2, 0) is 4.79 Å². The van der Waals surface area contributed by atoms with Gasteiger partial charge in [-0.25, -0.2) is 0 Å². The van der Waals surface area contributed by atoms with Crippen molar-refractivity contribution < 1.29 is 9.59 Å². The number of hydrogen-bond acceptors (Lipinski definition) is 2. The van der Waals surface area contributed by atoms with E-state index in [1.165, 1.54) is 0 Å². The maximum atomic E-state index is 11.7. The van der Waals surface area contributed by atoms with Crippen LogP contribution in [0.1, 0.15) is 23.2 Å². The highest BCUT2D eigenvalue weighted by Crippen LogP contribution is 2.13. The van der Waals surface area contributed by atoms with E-state index in [-0.39, 0.29) is 18.0 Å². The fraction of sp³-hybridized carbons (Fsp3) is 0.143. The Hall–Kier alpha value is -1.96. The van der Waals surface area contributed by atoms with Crippen LogP contribution in [0, 0.1) is 0 Å². The van der Waals surface area contributed by atoms with E-state index in [2.05, 4.69) is 0 Å². The maximum Gasteiger partial charge on any atom is 0.170 e. The van der Waals surface area contributed by atoms with Crippen molar-refractivity contribution in [3.8, 4) is 0 Å². The lowest BCUT2D eigenvalue weighted by molar-refractivity contribution is -0.114. The van der Waals surface area contributed by atoms with E-state index in [0.29, 0.717) is 11.1 Å². The molecule has 0 aromatic heterocycles. The Balaban J connectivity index is 2.03. The zero-order chi connectivity index (χ0) is 11.4. The minimum absolute atomic E-state index is 0.0415. The molecule has 1 aliphatic carbocycles. The lowest BCUT2D eigenvalue weighted by atomic mass is 10.0. The molecule has 0 saturated carbocycles. The van der Waals surface area contributed by atoms with Crippen molar-refractivity contribution in [2.24, 2.45) is 0 Å². The summed E-state index contributed by atoms with van der Waals surface area (Å²) in [6, 6.07) is 8.91. The predicted molar refractivity (Wildman–Crippen MR) is 62.2 cm³/mol. The van der Waals surface area contributed by atoms with Gasteiger partial charge in [0.1, 0.15) is 0 Å². The summed E-state index contributed by atoms with van der Waals surface area (Å²) < 4.78 is 0. The topological polar surface area (TPSA) is 34.1 Å². The van der Waals surface area contributed by atoms with Gasteiger partial charge in [-0.15, -0.1) is 0 Å². The van der Waals surface area contributed by atoms with Gasteiger partial charge in [-0.1, -0.05) is 48.6 Å². The molecule has 0 heterocycles. The summed E-state index contributed by atoms with van der Waals surface area (Å²) in [6.45, 7) is 0. The van der Waals surface area contributed by atoms with E-state index in [0.717, 1.165) is 6.42 Å². The number of hydrogen-bond donors (Lipinski definition) is 0. The molecule has 2 heteroatoms. The molecular weight excluding hydrogens is 200 g/mol. The minimum atomic E-state index is -0.119. The Kier molecular flexibility index (Phi) is 3.10. The molecule has 0 aliphatic heterocycles. The van der Waals surface area contributed by atoms with Crippen LogP contribution in [0.15, 0.2) is 54.1 Å². The highest BCUT2D eigenvalue weighted by Gasteiger charge is 2.14. The second-order valence-electron chi connectivity index (χ2n) is 3.69. The van der Waals surface area contributed by atoms with Gasteiger partial charge in [0.2, 0.25) is 0 Å². The lowest BCUT2D eigenvalue weighted by Crippen LogP contribution is -2.08. The summed E-state index contributed by atoms with van der Waals surface area (Å²) in [5, 5.41) is 0. The quantitative estimate of drug-likeness (QED) is 0.568. The summed E-state index contributed by atoms with van der Waals surface area (Å²) >= 11 is 0. The number of ketones is 2. The third-order valence-corrected chi connectivity index (χ3v) is 2.51. The molecule has 2 nitrogen and oxygen atoms in total. The summed E-state index contributed by atoms with van der Waals surface area (Å²) in [6.07, 6.45) is 6.29. The molecular formula is C14H12O2. The fourth-order valence-electron chi connectivity index (χ4n) is 1.64. The molecule has 0 bridgehead atoms. The Morgan fingerprint density at radius 2 is 1.81 bits per heavy atom. The van der Waals surface area contributed by atoms with E-state index >= 15 is 0 Å². The predicted octanol–water partition coefficient (Wildman–Crippen LogP) is 2.71. The van der Waals surface area contributed by atoms with E-state index in [9.17, 15) is 9.59 Å². The third-order valence-electron chi connectivity index (χ3n) is 2.51. The van der Waals surface area contributed by atoms with Crippen molar-refractivity contribution in [1.29, 1.82) is 0 Å². The van der Waals surface area contributed by atoms with Crippen molar-refractivity contribution in [3.63, 3.8) is 0 Å². The van der Waals surface area contributed by atoms with Gasteiger partial charge in [-0.3, -0.25) is 9.59 Å². The number of allylic oxidation sites excluding steroid dienone is 4. The average Bonchev–Trinajstić information content (AvgIpc) is 2.83. The summed E-state index contributed by atoms with van der Waals surface area (Å²) in [5.41, 5.74) is 1.25. The molecule has 0 atom stereocenters. The van der Waals surface area contributed by atoms with Gasteiger partial charge in [0.05, 0.1) is 6.42 Å². The van der Waals surface area contributed by atoms with E-state index in [1.807, 2.05) is 18.2 Å². The van der Waals surface area contributed by atoms with Crippen molar-refractivity contribution in [3.05, 3.63) is 59.7 Å². The summed E-state index contributed by atoms with van der Waals surface area (Å²) in [7, 11) is 0. The van der Waals surface area contributed by atoms with Crippen molar-refractivity contribution in [2.75, 3.05) is 0 Å². The van der Waals surface area contributed by atoms with E-state index in [1.54, 1.807) is 30.3 Å². The Bertz CT molecular complexity index is 467. The maximum absolute atomic E-state index is 11.7. The van der Waals surface area contributed by atoms with Gasteiger partial charge in [-0.2, -0.15) is 0 Å². The van der Waals surface area contributed by atoms with Crippen LogP contribution in [0.4, 0.5) is 0 Å². The molecule has 1 aromatic carbocycles. The molecule has 0 unspecified atom stereocenters. The van der Waals surface area contributed by atoms with E-state index in [4.69, 9.17) is 0 Å². The van der Waals surface area contributed by atoms with Crippen molar-refractivity contribution >= 4 is 11.6 Å². The molecule has 16 heavy (non-hydrogen) atoms. The average molecular weight is 212 g/mol. The number of carbonyl (C=O) groups is 2. The molecule has 1 aromatic rings. The van der Waals surface area contributed by atoms with Crippen LogP contribution >= 0.6 is 0 Å². The number of Topliss-reactive ketones (excluding diaryl/α,β-unsaturated/α-hetero) is 2. The Labute approximate surface area is 94.3 Å². The molecule has 0 N–H and O–H groups in total. The second-order valence-corrected chi connectivity index (χ2v) is 3.69. The normalized spacial score (nSPS) is 13.6. The van der Waals surface area contributed by atoms with Crippen LogP contribution in [0.2, 0.25) is 0 Å². The second kappa shape index (κ2) is 4.71. The van der Waals surface area contributed by atoms with Crippen molar-refractivity contribution in [1.82, 2.24) is 0 Å². The first-order valence-electron chi connectivity index (χ1n) is 5.25. The monoisotopic (exact) mass is 212 g/mol. The molecule has 80 valence electrons. The zero-order valence-electron chi connectivity index (χ0n) is 8.85. The van der Waals surface area contributed by atoms with E-state index < -0.39 is 0 Å². The molecule has 0 radical (unpaired) electrons. The molecule has 0 amide bonds. The van der Waals surface area contributed by atoms with Gasteiger partial charge in [0.25, 0.3) is 0 Å². The van der Waals surface area contributed by atoms with Crippen molar-refractivity contribution in [2.45, 2.75) is 12.8 Å². The molecule has 0 saturated heterocycles. The standard InChI is InChI=1S/C14H12O2/c15-13(11-6-2-1-3-7-11)10-14(16)12-8-4-5-9-12/h1-4,6-9H,5,10H2. The molecule has 0 fully saturated rings. The first-order chi connectivity index (χ1) is 7.77. The van der Waals surface area contributed by atoms with Crippen LogP contribution in [-0.4, -0.2) is 11.6 Å². The summed E-state index contributed by atoms with van der Waals surface area (Å²) in [4.78, 5) is 23.4. The van der Waals surface area contributed by atoms with Crippen LogP contribution in [0.3, 0.4) is 0 Å². The highest BCUT2D eigenvalue weighted by molar-refractivity contribution is 6.14. The fourth-order valence-corrected chi connectivity index (χ4v) is 1.64.